The van der Waals surface area contributed by atoms with Crippen molar-refractivity contribution >= 4 is 11.9 Å². The van der Waals surface area contributed by atoms with Crippen LogP contribution in [0.2, 0.25) is 0 Å². The van der Waals surface area contributed by atoms with Gasteiger partial charge in [0.15, 0.2) is 0 Å². The molecule has 1 aromatic carbocycles. The lowest BCUT2D eigenvalue weighted by Crippen LogP contribution is -2.49. The van der Waals surface area contributed by atoms with Crippen molar-refractivity contribution in [3.05, 3.63) is 58.3 Å². The number of carbonyl (C=O) groups is 2. The Bertz CT molecular complexity index is 953. The number of aryl methyl sites for hydroxylation is 1. The van der Waals surface area contributed by atoms with E-state index in [2.05, 4.69) is 4.90 Å². The summed E-state index contributed by atoms with van der Waals surface area (Å²) in [7, 11) is 0. The maximum Gasteiger partial charge on any atom is 0.328 e. The molecule has 6 nitrogen and oxygen atoms in total. The Kier molecular flexibility index (Phi) is 6.41. The van der Waals surface area contributed by atoms with Crippen molar-refractivity contribution in [3.63, 3.8) is 0 Å². The Morgan fingerprint density at radius 1 is 1.19 bits per heavy atom. The highest BCUT2D eigenvalue weighted by atomic mass is 19.1. The molecular formula is C24H29FN2O4. The van der Waals surface area contributed by atoms with E-state index in [4.69, 9.17) is 9.15 Å². The number of carbonyl (C=O) groups excluding carboxylic acids is 2. The van der Waals surface area contributed by atoms with Crippen LogP contribution < -0.4 is 0 Å². The molecule has 4 rings (SSSR count). The number of likely N-dealkylation sites (tertiary alicyclic amines) is 1. The highest BCUT2D eigenvalue weighted by Gasteiger charge is 2.37. The molecule has 1 atom stereocenters. The van der Waals surface area contributed by atoms with E-state index < -0.39 is 6.04 Å². The number of benzene rings is 1. The summed E-state index contributed by atoms with van der Waals surface area (Å²) in [5.41, 5.74) is 2.51. The van der Waals surface area contributed by atoms with Gasteiger partial charge in [-0.1, -0.05) is 12.1 Å². The lowest BCUT2D eigenvalue weighted by Gasteiger charge is -2.34. The predicted molar refractivity (Wildman–Crippen MR) is 113 cm³/mol. The van der Waals surface area contributed by atoms with Gasteiger partial charge in [0.25, 0.3) is 5.91 Å². The van der Waals surface area contributed by atoms with Gasteiger partial charge in [-0.05, 0) is 50.8 Å². The fraction of sp³-hybridized carbons (Fsp3) is 0.500. The number of nitrogens with zero attached hydrogens (tertiary/aromatic N) is 2. The number of fused-ring (bicyclic) bond motifs is 1. The van der Waals surface area contributed by atoms with Crippen LogP contribution in [0.1, 0.15) is 59.2 Å². The quantitative estimate of drug-likeness (QED) is 0.677. The van der Waals surface area contributed by atoms with Gasteiger partial charge < -0.3 is 14.1 Å². The summed E-state index contributed by atoms with van der Waals surface area (Å²) < 4.78 is 24.4. The largest absolute Gasteiger partial charge is 0.465 e. The Morgan fingerprint density at radius 3 is 2.71 bits per heavy atom. The van der Waals surface area contributed by atoms with E-state index >= 15 is 0 Å². The fourth-order valence-electron chi connectivity index (χ4n) is 4.65. The molecule has 0 aliphatic carbocycles. The van der Waals surface area contributed by atoms with E-state index in [0.717, 1.165) is 36.3 Å². The maximum atomic E-state index is 13.6. The van der Waals surface area contributed by atoms with Crippen molar-refractivity contribution in [1.82, 2.24) is 9.80 Å². The minimum Gasteiger partial charge on any atom is -0.465 e. The third-order valence-electron chi connectivity index (χ3n) is 6.16. The van der Waals surface area contributed by atoms with Crippen LogP contribution in [0.25, 0.3) is 0 Å². The second-order valence-electron chi connectivity index (χ2n) is 8.28. The summed E-state index contributed by atoms with van der Waals surface area (Å²) in [6.07, 6.45) is 3.12. The van der Waals surface area contributed by atoms with Crippen molar-refractivity contribution < 1.29 is 23.1 Å². The Labute approximate surface area is 182 Å². The average Bonchev–Trinajstić information content (AvgIpc) is 3.10. The molecule has 0 unspecified atom stereocenters. The lowest BCUT2D eigenvalue weighted by molar-refractivity contribution is -0.149. The molecule has 1 aromatic heterocycles. The number of furan rings is 1. The molecule has 2 aliphatic rings. The normalized spacial score (nSPS) is 19.2. The van der Waals surface area contributed by atoms with Crippen LogP contribution in [-0.2, 0) is 29.0 Å². The number of halogens is 1. The van der Waals surface area contributed by atoms with Gasteiger partial charge in [-0.2, -0.15) is 0 Å². The standard InChI is InChI=1S/C24H29FN2O4/c1-3-30-24(29)20-6-4-5-12-27(20)23(28)22-16(2)31-21-11-13-26(15-19(21)22)14-17-7-9-18(25)10-8-17/h7-10,20H,3-6,11-15H2,1-2H3/t20-/m0/s1. The van der Waals surface area contributed by atoms with Gasteiger partial charge in [-0.15, -0.1) is 0 Å². The fourth-order valence-corrected chi connectivity index (χ4v) is 4.65. The summed E-state index contributed by atoms with van der Waals surface area (Å²) >= 11 is 0. The third-order valence-corrected chi connectivity index (χ3v) is 6.16. The summed E-state index contributed by atoms with van der Waals surface area (Å²) in [4.78, 5) is 29.9. The molecule has 0 N–H and O–H groups in total. The molecule has 166 valence electrons. The van der Waals surface area contributed by atoms with E-state index in [-0.39, 0.29) is 17.7 Å². The monoisotopic (exact) mass is 428 g/mol. The average molecular weight is 429 g/mol. The number of hydrogen-bond donors (Lipinski definition) is 0. The predicted octanol–water partition coefficient (Wildman–Crippen LogP) is 3.84. The van der Waals surface area contributed by atoms with Crippen LogP contribution in [-0.4, -0.2) is 47.4 Å². The lowest BCUT2D eigenvalue weighted by atomic mass is 9.97. The zero-order valence-corrected chi connectivity index (χ0v) is 18.2. The molecule has 2 aliphatic heterocycles. The van der Waals surface area contributed by atoms with Crippen LogP contribution in [0.3, 0.4) is 0 Å². The molecular weight excluding hydrogens is 399 g/mol. The number of esters is 1. The number of amides is 1. The van der Waals surface area contributed by atoms with Crippen LogP contribution in [0, 0.1) is 12.7 Å². The summed E-state index contributed by atoms with van der Waals surface area (Å²) in [6, 6.07) is 5.97. The number of piperidine rings is 1. The third kappa shape index (κ3) is 4.51. The van der Waals surface area contributed by atoms with Gasteiger partial charge in [-0.25, -0.2) is 9.18 Å². The molecule has 0 saturated carbocycles. The molecule has 1 amide bonds. The summed E-state index contributed by atoms with van der Waals surface area (Å²) in [5, 5.41) is 0. The molecule has 1 fully saturated rings. The molecule has 0 bridgehead atoms. The van der Waals surface area contributed by atoms with Crippen molar-refractivity contribution in [2.45, 2.75) is 58.7 Å². The van der Waals surface area contributed by atoms with Crippen LogP contribution in [0.5, 0.6) is 0 Å². The first-order valence-electron chi connectivity index (χ1n) is 11.0. The topological polar surface area (TPSA) is 63.0 Å². The van der Waals surface area contributed by atoms with Crippen molar-refractivity contribution in [2.24, 2.45) is 0 Å². The van der Waals surface area contributed by atoms with E-state index in [9.17, 15) is 14.0 Å². The first-order valence-corrected chi connectivity index (χ1v) is 11.0. The molecule has 7 heteroatoms. The highest BCUT2D eigenvalue weighted by molar-refractivity contribution is 5.99. The van der Waals surface area contributed by atoms with Crippen LogP contribution >= 0.6 is 0 Å². The molecule has 0 radical (unpaired) electrons. The zero-order chi connectivity index (χ0) is 22.0. The van der Waals surface area contributed by atoms with Crippen LogP contribution in [0.4, 0.5) is 4.39 Å². The Morgan fingerprint density at radius 2 is 1.97 bits per heavy atom. The SMILES string of the molecule is CCOC(=O)[C@@H]1CCCCN1C(=O)c1c(C)oc2c1CN(Cc1ccc(F)cc1)CC2. The van der Waals surface area contributed by atoms with Crippen molar-refractivity contribution in [3.8, 4) is 0 Å². The first kappa shape index (κ1) is 21.6. The van der Waals surface area contributed by atoms with Crippen molar-refractivity contribution in [1.29, 1.82) is 0 Å². The van der Waals surface area contributed by atoms with Gasteiger partial charge in [0.05, 0.1) is 12.2 Å². The number of rotatable bonds is 5. The Balaban J connectivity index is 1.56. The van der Waals surface area contributed by atoms with Gasteiger partial charge in [0, 0.05) is 38.2 Å². The molecule has 31 heavy (non-hydrogen) atoms. The maximum absolute atomic E-state index is 13.6. The number of ether oxygens (including phenoxy) is 1. The zero-order valence-electron chi connectivity index (χ0n) is 18.2. The highest BCUT2D eigenvalue weighted by Crippen LogP contribution is 2.31. The first-order chi connectivity index (χ1) is 15.0. The van der Waals surface area contributed by atoms with E-state index in [1.54, 1.807) is 24.0 Å². The van der Waals surface area contributed by atoms with Crippen LogP contribution in [0.15, 0.2) is 28.7 Å². The minimum absolute atomic E-state index is 0.149. The van der Waals surface area contributed by atoms with Gasteiger partial charge in [0.1, 0.15) is 23.4 Å². The van der Waals surface area contributed by atoms with E-state index in [0.29, 0.717) is 50.4 Å². The summed E-state index contributed by atoms with van der Waals surface area (Å²) in [6.45, 7) is 6.51. The van der Waals surface area contributed by atoms with Gasteiger partial charge in [0.2, 0.25) is 0 Å². The van der Waals surface area contributed by atoms with Crippen molar-refractivity contribution in [2.75, 3.05) is 19.7 Å². The molecule has 3 heterocycles. The molecule has 2 aromatic rings. The summed E-state index contributed by atoms with van der Waals surface area (Å²) in [5.74, 6) is 0.723. The second kappa shape index (κ2) is 9.22. The Hall–Kier alpha value is -2.67. The smallest absolute Gasteiger partial charge is 0.328 e. The molecule has 1 saturated heterocycles. The minimum atomic E-state index is -0.537. The second-order valence-corrected chi connectivity index (χ2v) is 8.28. The van der Waals surface area contributed by atoms with E-state index in [1.165, 1.54) is 12.1 Å². The molecule has 0 spiro atoms. The number of hydrogen-bond acceptors (Lipinski definition) is 5. The van der Waals surface area contributed by atoms with E-state index in [1.807, 2.05) is 6.92 Å². The van der Waals surface area contributed by atoms with Gasteiger partial charge in [-0.3, -0.25) is 9.69 Å². The van der Waals surface area contributed by atoms with Gasteiger partial charge >= 0.3 is 5.97 Å².